The lowest BCUT2D eigenvalue weighted by molar-refractivity contribution is 0.0516. The number of rotatable bonds is 7. The molecule has 10 nitrogen and oxygen atoms in total. The molecule has 4 aromatic rings. The Morgan fingerprint density at radius 1 is 1.14 bits per heavy atom. The van der Waals surface area contributed by atoms with Crippen molar-refractivity contribution in [2.75, 3.05) is 53.0 Å². The van der Waals surface area contributed by atoms with Crippen LogP contribution in [0.5, 0.6) is 5.75 Å². The molecule has 3 heterocycles. The summed E-state index contributed by atoms with van der Waals surface area (Å²) in [5.41, 5.74) is 3.55. The van der Waals surface area contributed by atoms with Crippen molar-refractivity contribution in [2.45, 2.75) is 18.9 Å². The fourth-order valence-electron chi connectivity index (χ4n) is 4.96. The number of nitrogens with one attached hydrogen (secondary N) is 1. The predicted molar refractivity (Wildman–Crippen MR) is 144 cm³/mol. The standard InChI is InChI=1S/C27H33N7O3/c1-28-27(35)25-20-13-19(34-10-8-18(9-11-34)32(2)3)6-7-22(20)29-26(30-25)21-12-17-15-33(4)31-23(17)14-24(21)37-16-36-5/h6-7,12-15,18H,8-11,16H2,1-5H3,(H,28,35). The number of carbonyl (C=O) groups is 1. The number of benzene rings is 2. The zero-order valence-corrected chi connectivity index (χ0v) is 22.0. The molecule has 1 amide bonds. The molecule has 0 bridgehead atoms. The van der Waals surface area contributed by atoms with Crippen LogP contribution in [0.2, 0.25) is 0 Å². The lowest BCUT2D eigenvalue weighted by Gasteiger charge is -2.36. The summed E-state index contributed by atoms with van der Waals surface area (Å²) in [7, 11) is 9.32. The van der Waals surface area contributed by atoms with Crippen LogP contribution in [0.4, 0.5) is 5.69 Å². The van der Waals surface area contributed by atoms with Gasteiger partial charge in [0.05, 0.1) is 16.6 Å². The molecule has 1 N–H and O–H groups in total. The summed E-state index contributed by atoms with van der Waals surface area (Å²) in [6.07, 6.45) is 4.12. The maximum Gasteiger partial charge on any atom is 0.270 e. The van der Waals surface area contributed by atoms with Gasteiger partial charge < -0.3 is 24.6 Å². The fraction of sp³-hybridized carbons (Fsp3) is 0.407. The number of anilines is 1. The van der Waals surface area contributed by atoms with E-state index in [1.165, 1.54) is 0 Å². The largest absolute Gasteiger partial charge is 0.467 e. The van der Waals surface area contributed by atoms with Crippen molar-refractivity contribution in [1.29, 1.82) is 0 Å². The van der Waals surface area contributed by atoms with Crippen LogP contribution in [0.25, 0.3) is 33.2 Å². The minimum atomic E-state index is -0.265. The highest BCUT2D eigenvalue weighted by atomic mass is 16.7. The number of methoxy groups -OCH3 is 1. The number of aromatic nitrogens is 4. The Morgan fingerprint density at radius 2 is 1.92 bits per heavy atom. The molecule has 10 heteroatoms. The Kier molecular flexibility index (Phi) is 6.94. The maximum absolute atomic E-state index is 13.0. The van der Waals surface area contributed by atoms with Crippen LogP contribution in [0.3, 0.4) is 0 Å². The minimum Gasteiger partial charge on any atom is -0.467 e. The number of hydrogen-bond donors (Lipinski definition) is 1. The second-order valence-electron chi connectivity index (χ2n) is 9.62. The number of hydrogen-bond acceptors (Lipinski definition) is 8. The van der Waals surface area contributed by atoms with E-state index >= 15 is 0 Å². The Bertz CT molecular complexity index is 1440. The van der Waals surface area contributed by atoms with Crippen molar-refractivity contribution >= 4 is 33.4 Å². The van der Waals surface area contributed by atoms with Gasteiger partial charge in [0, 0.05) is 69.1 Å². The molecule has 0 aliphatic carbocycles. The van der Waals surface area contributed by atoms with Gasteiger partial charge in [0.1, 0.15) is 11.4 Å². The van der Waals surface area contributed by atoms with Gasteiger partial charge in [0.25, 0.3) is 5.91 Å². The lowest BCUT2D eigenvalue weighted by Crippen LogP contribution is -2.41. The van der Waals surface area contributed by atoms with Gasteiger partial charge in [-0.05, 0) is 51.2 Å². The first-order valence-corrected chi connectivity index (χ1v) is 12.4. The van der Waals surface area contributed by atoms with Gasteiger partial charge in [-0.15, -0.1) is 0 Å². The summed E-state index contributed by atoms with van der Waals surface area (Å²) in [6.45, 7) is 2.00. The molecule has 0 radical (unpaired) electrons. The van der Waals surface area contributed by atoms with Gasteiger partial charge in [-0.3, -0.25) is 9.48 Å². The van der Waals surface area contributed by atoms with Gasteiger partial charge in [-0.2, -0.15) is 5.10 Å². The van der Waals surface area contributed by atoms with E-state index < -0.39 is 0 Å². The molecule has 0 atom stereocenters. The monoisotopic (exact) mass is 503 g/mol. The first-order valence-electron chi connectivity index (χ1n) is 12.4. The van der Waals surface area contributed by atoms with Crippen LogP contribution in [0.1, 0.15) is 23.3 Å². The van der Waals surface area contributed by atoms with E-state index in [1.807, 2.05) is 37.5 Å². The summed E-state index contributed by atoms with van der Waals surface area (Å²) < 4.78 is 12.7. The molecule has 1 aliphatic heterocycles. The second-order valence-corrected chi connectivity index (χ2v) is 9.62. The number of piperidine rings is 1. The highest BCUT2D eigenvalue weighted by molar-refractivity contribution is 6.05. The molecule has 1 saturated heterocycles. The molecule has 194 valence electrons. The molecule has 1 fully saturated rings. The molecule has 1 aliphatic rings. The van der Waals surface area contributed by atoms with E-state index in [9.17, 15) is 4.79 Å². The van der Waals surface area contributed by atoms with Gasteiger partial charge in [0.2, 0.25) is 0 Å². The van der Waals surface area contributed by atoms with Crippen LogP contribution < -0.4 is 15.0 Å². The topological polar surface area (TPSA) is 97.6 Å². The van der Waals surface area contributed by atoms with E-state index in [4.69, 9.17) is 19.4 Å². The highest BCUT2D eigenvalue weighted by Crippen LogP contribution is 2.34. The van der Waals surface area contributed by atoms with Gasteiger partial charge in [0.15, 0.2) is 12.6 Å². The smallest absolute Gasteiger partial charge is 0.270 e. The Balaban J connectivity index is 1.60. The van der Waals surface area contributed by atoms with Crippen LogP contribution in [0.15, 0.2) is 36.5 Å². The summed E-state index contributed by atoms with van der Waals surface area (Å²) in [5, 5.41) is 8.86. The number of ether oxygens (including phenoxy) is 2. The van der Waals surface area contributed by atoms with Crippen molar-refractivity contribution < 1.29 is 14.3 Å². The van der Waals surface area contributed by atoms with E-state index in [0.29, 0.717) is 34.4 Å². The second kappa shape index (κ2) is 10.3. The van der Waals surface area contributed by atoms with E-state index in [1.54, 1.807) is 18.8 Å². The number of carbonyl (C=O) groups excluding carboxylic acids is 1. The van der Waals surface area contributed by atoms with Crippen LogP contribution in [-0.4, -0.2) is 84.7 Å². The Labute approximate surface area is 216 Å². The zero-order chi connectivity index (χ0) is 26.1. The molecular weight excluding hydrogens is 470 g/mol. The number of amides is 1. The summed E-state index contributed by atoms with van der Waals surface area (Å²) in [5.74, 6) is 0.678. The SMILES string of the molecule is CNC(=O)c1nc(-c2cc3cn(C)nc3cc2OCOC)nc2ccc(N3CCC(N(C)C)CC3)cc12. The molecule has 0 saturated carbocycles. The van der Waals surface area contributed by atoms with E-state index in [2.05, 4.69) is 40.4 Å². The van der Waals surface area contributed by atoms with Gasteiger partial charge in [-0.1, -0.05) is 0 Å². The van der Waals surface area contributed by atoms with Crippen molar-refractivity contribution in [3.8, 4) is 17.1 Å². The third-order valence-electron chi connectivity index (χ3n) is 6.97. The number of aryl methyl sites for hydroxylation is 1. The van der Waals surface area contributed by atoms with Gasteiger partial charge >= 0.3 is 0 Å². The van der Waals surface area contributed by atoms with Crippen molar-refractivity contribution in [2.24, 2.45) is 7.05 Å². The Morgan fingerprint density at radius 3 is 2.62 bits per heavy atom. The lowest BCUT2D eigenvalue weighted by atomic mass is 10.0. The number of nitrogens with zero attached hydrogens (tertiary/aromatic N) is 6. The quantitative estimate of drug-likeness (QED) is 0.385. The van der Waals surface area contributed by atoms with Crippen LogP contribution in [-0.2, 0) is 11.8 Å². The van der Waals surface area contributed by atoms with E-state index in [-0.39, 0.29) is 12.7 Å². The molecule has 37 heavy (non-hydrogen) atoms. The summed E-state index contributed by atoms with van der Waals surface area (Å²) in [6, 6.07) is 10.5. The molecule has 2 aromatic carbocycles. The molecule has 5 rings (SSSR count). The number of fused-ring (bicyclic) bond motifs is 2. The first-order chi connectivity index (χ1) is 17.9. The average Bonchev–Trinajstić information content (AvgIpc) is 3.28. The molecular formula is C27H33N7O3. The van der Waals surface area contributed by atoms with Crippen LogP contribution >= 0.6 is 0 Å². The highest BCUT2D eigenvalue weighted by Gasteiger charge is 2.23. The first kappa shape index (κ1) is 24.9. The zero-order valence-electron chi connectivity index (χ0n) is 22.0. The predicted octanol–water partition coefficient (Wildman–Crippen LogP) is 3.06. The van der Waals surface area contributed by atoms with Gasteiger partial charge in [-0.25, -0.2) is 9.97 Å². The normalized spacial score (nSPS) is 14.6. The Hall–Kier alpha value is -3.76. The fourth-order valence-corrected chi connectivity index (χ4v) is 4.96. The van der Waals surface area contributed by atoms with Crippen molar-refractivity contribution in [3.63, 3.8) is 0 Å². The van der Waals surface area contributed by atoms with E-state index in [0.717, 1.165) is 47.9 Å². The molecule has 2 aromatic heterocycles. The molecule has 0 spiro atoms. The average molecular weight is 504 g/mol. The van der Waals surface area contributed by atoms with Crippen LogP contribution in [0, 0.1) is 0 Å². The summed E-state index contributed by atoms with van der Waals surface area (Å²) in [4.78, 5) is 27.3. The summed E-state index contributed by atoms with van der Waals surface area (Å²) >= 11 is 0. The maximum atomic E-state index is 13.0. The third kappa shape index (κ3) is 4.94. The van der Waals surface area contributed by atoms with Crippen molar-refractivity contribution in [1.82, 2.24) is 30.0 Å². The molecule has 0 unspecified atom stereocenters. The van der Waals surface area contributed by atoms with Crippen molar-refractivity contribution in [3.05, 3.63) is 42.2 Å². The minimum absolute atomic E-state index is 0.0646. The third-order valence-corrected chi connectivity index (χ3v) is 6.97.